The van der Waals surface area contributed by atoms with E-state index in [1.165, 1.54) is 12.1 Å². The molecule has 2 saturated heterocycles. The van der Waals surface area contributed by atoms with Gasteiger partial charge in [-0.1, -0.05) is 247 Å². The Kier molecular flexibility index (Phi) is 20.2. The molecule has 7 aromatic carbocycles. The van der Waals surface area contributed by atoms with Crippen LogP contribution in [-0.2, 0) is 82.3 Å². The number of halogens is 3. The van der Waals surface area contributed by atoms with E-state index in [1.54, 1.807) is 42.5 Å². The van der Waals surface area contributed by atoms with E-state index in [-0.39, 0.29) is 51.8 Å². The van der Waals surface area contributed by atoms with Gasteiger partial charge < -0.3 is 52.8 Å². The normalized spacial score (nSPS) is 25.1. The molecule has 16 heteroatoms. The van der Waals surface area contributed by atoms with Crippen molar-refractivity contribution < 1.29 is 57.6 Å². The van der Waals surface area contributed by atoms with Gasteiger partial charge in [0.05, 0.1) is 52.9 Å². The van der Waals surface area contributed by atoms with Gasteiger partial charge >= 0.3 is 0 Å². The lowest BCUT2D eigenvalue weighted by molar-refractivity contribution is -0.391. The van der Waals surface area contributed by atoms with Crippen LogP contribution in [0, 0.1) is 5.41 Å². The number of ketones is 1. The minimum atomic E-state index is -3.10. The Morgan fingerprint density at radius 2 is 0.848 bits per heavy atom. The van der Waals surface area contributed by atoms with E-state index in [0.29, 0.717) is 5.56 Å². The highest BCUT2D eigenvalue weighted by molar-refractivity contribution is 6.76. The second kappa shape index (κ2) is 27.5. The molecule has 2 aliphatic rings. The predicted octanol–water partition coefficient (Wildman–Crippen LogP) is 11.0. The zero-order valence-corrected chi connectivity index (χ0v) is 45.4. The van der Waals surface area contributed by atoms with E-state index in [2.05, 4.69) is 0 Å². The largest absolute Gasteiger partial charge is 0.444 e. The predicted molar refractivity (Wildman–Crippen MR) is 299 cm³/mol. The van der Waals surface area contributed by atoms with Gasteiger partial charge in [-0.2, -0.15) is 0 Å². The highest BCUT2D eigenvalue weighted by Crippen LogP contribution is 2.49. The number of alkyl halides is 3. The lowest BCUT2D eigenvalue weighted by atomic mass is 9.68. The van der Waals surface area contributed by atoms with E-state index in [9.17, 15) is 10.2 Å². The number of carbonyl (C=O) groups excluding carboxylic acids is 1. The molecule has 0 aromatic heterocycles. The topological polar surface area (TPSA) is 164 Å². The molecule has 9 rings (SSSR count). The van der Waals surface area contributed by atoms with Gasteiger partial charge in [0.15, 0.2) is 5.60 Å². The number of ether oxygens (including phenoxy) is 9. The van der Waals surface area contributed by atoms with Crippen LogP contribution in [0.5, 0.6) is 0 Å². The second-order valence-electron chi connectivity index (χ2n) is 19.4. The van der Waals surface area contributed by atoms with Crippen molar-refractivity contribution >= 4 is 46.5 Å². The number of carbonyl (C=O) groups is 1. The van der Waals surface area contributed by atoms with Gasteiger partial charge in [-0.15, -0.1) is 0 Å². The summed E-state index contributed by atoms with van der Waals surface area (Å²) in [5, 5.41) is 37.5. The first-order chi connectivity index (χ1) is 38.4. The molecular weight excluding hydrogens is 1070 g/mol. The summed E-state index contributed by atoms with van der Waals surface area (Å²) in [5.41, 5.74) is -1.16. The molecule has 0 saturated carbocycles. The highest BCUT2D eigenvalue weighted by atomic mass is 35.6. The molecule has 13 nitrogen and oxygen atoms in total. The monoisotopic (exact) mass is 1130 g/mol. The minimum absolute atomic E-state index is 0.0165. The van der Waals surface area contributed by atoms with E-state index in [4.69, 9.17) is 82.8 Å². The first-order valence-corrected chi connectivity index (χ1v) is 27.1. The summed E-state index contributed by atoms with van der Waals surface area (Å²) >= 11 is 18.9. The lowest BCUT2D eigenvalue weighted by Gasteiger charge is -2.59. The molecule has 2 heterocycles. The van der Waals surface area contributed by atoms with Gasteiger partial charge in [0, 0.05) is 5.56 Å². The smallest absolute Gasteiger partial charge is 0.265 e. The Balaban J connectivity index is 1.25. The number of rotatable bonds is 24. The van der Waals surface area contributed by atoms with Crippen molar-refractivity contribution in [3.8, 4) is 0 Å². The zero-order chi connectivity index (χ0) is 55.1. The molecule has 10 atom stereocenters. The van der Waals surface area contributed by atoms with Crippen LogP contribution in [0.25, 0.3) is 0 Å². The average molecular weight is 1130 g/mol. The zero-order valence-electron chi connectivity index (χ0n) is 43.1. The van der Waals surface area contributed by atoms with Crippen LogP contribution in [0.3, 0.4) is 0 Å². The van der Waals surface area contributed by atoms with Crippen LogP contribution in [0.2, 0.25) is 0 Å². The summed E-state index contributed by atoms with van der Waals surface area (Å²) < 4.78 is 58.8. The number of benzene rings is 7. The molecule has 2 aliphatic heterocycles. The van der Waals surface area contributed by atoms with Crippen molar-refractivity contribution in [1.29, 1.82) is 5.41 Å². The van der Waals surface area contributed by atoms with Gasteiger partial charge in [0.1, 0.15) is 42.7 Å². The molecule has 1 unspecified atom stereocenters. The van der Waals surface area contributed by atoms with E-state index < -0.39 is 82.3 Å². The van der Waals surface area contributed by atoms with Crippen LogP contribution < -0.4 is 0 Å². The maximum absolute atomic E-state index is 15.7. The van der Waals surface area contributed by atoms with Gasteiger partial charge in [-0.05, 0) is 33.4 Å². The molecule has 79 heavy (non-hydrogen) atoms. The first-order valence-electron chi connectivity index (χ1n) is 25.9. The number of hydrogen-bond acceptors (Lipinski definition) is 13. The third-order valence-electron chi connectivity index (χ3n) is 13.8. The van der Waals surface area contributed by atoms with Crippen LogP contribution >= 0.6 is 34.8 Å². The summed E-state index contributed by atoms with van der Waals surface area (Å²) in [7, 11) is 0. The van der Waals surface area contributed by atoms with Gasteiger partial charge in [0.25, 0.3) is 3.79 Å². The third-order valence-corrected chi connectivity index (χ3v) is 14.4. The molecule has 2 fully saturated rings. The Morgan fingerprint density at radius 3 is 1.28 bits per heavy atom. The fraction of sp³-hybridized carbons (Fsp3) is 0.302. The molecule has 0 aliphatic carbocycles. The summed E-state index contributed by atoms with van der Waals surface area (Å²) in [6, 6.07) is 64.4. The van der Waals surface area contributed by atoms with Crippen molar-refractivity contribution in [2.75, 3.05) is 13.2 Å². The maximum atomic E-state index is 15.7. The number of hydrogen-bond donors (Lipinski definition) is 3. The molecule has 0 radical (unpaired) electrons. The fourth-order valence-corrected chi connectivity index (χ4v) is 10.0. The van der Waals surface area contributed by atoms with Crippen molar-refractivity contribution in [2.45, 2.75) is 104 Å². The number of Topliss-reactive ketones (excluding diaryl/α,β-unsaturated/α-hetero) is 1. The van der Waals surface area contributed by atoms with Gasteiger partial charge in [-0.25, -0.2) is 0 Å². The Labute approximate surface area is 475 Å². The SMILES string of the molecule is N=C(OC1O[C@H](COCc2ccccc2)[C@@](O)([C@H]2O[C@H](COCc3ccccc3)[C@H](OCc3ccccc3)[C@H](OCc3ccccc3)[C@H]2OCc2ccccc2)[C@H](OCc2ccccc2)[C@]1(O)C(=O)c1ccccc1)C(Cl)(Cl)Cl. The lowest BCUT2D eigenvalue weighted by Crippen LogP contribution is -2.82. The van der Waals surface area contributed by atoms with E-state index in [0.717, 1.165) is 27.8 Å². The van der Waals surface area contributed by atoms with Crippen LogP contribution in [0.15, 0.2) is 212 Å². The molecule has 0 spiro atoms. The Morgan fingerprint density at radius 1 is 0.481 bits per heavy atom. The Hall–Kier alpha value is -5.85. The summed E-state index contributed by atoms with van der Waals surface area (Å²) in [6.07, 6.45) is -12.2. The number of nitrogens with one attached hydrogen (secondary N) is 1. The molecular formula is C63H62Cl3NO12. The molecule has 3 N–H and O–H groups in total. The van der Waals surface area contributed by atoms with Crippen molar-refractivity contribution in [3.63, 3.8) is 0 Å². The average Bonchev–Trinajstić information content (AvgIpc) is 3.67. The summed E-state index contributed by atoms with van der Waals surface area (Å²) in [5.74, 6) is -2.03. The first kappa shape index (κ1) is 57.8. The van der Waals surface area contributed by atoms with E-state index in [1.807, 2.05) is 158 Å². The molecule has 0 bridgehead atoms. The Bertz CT molecular complexity index is 2950. The van der Waals surface area contributed by atoms with Gasteiger partial charge in [0.2, 0.25) is 23.6 Å². The summed E-state index contributed by atoms with van der Waals surface area (Å²) in [6.45, 7) is -0.583. The van der Waals surface area contributed by atoms with Crippen molar-refractivity contribution in [3.05, 3.63) is 251 Å². The van der Waals surface area contributed by atoms with Crippen LogP contribution in [-0.4, -0.2) is 99.1 Å². The second-order valence-corrected chi connectivity index (χ2v) is 21.6. The quantitative estimate of drug-likeness (QED) is 0.0227. The maximum Gasteiger partial charge on any atom is 0.265 e. The van der Waals surface area contributed by atoms with Gasteiger partial charge in [-0.3, -0.25) is 10.2 Å². The molecule has 0 amide bonds. The standard InChI is InChI=1S/C63H62Cl3NO12/c64-63(65,66)59(67)79-60-62(70,56(68)50-34-20-7-21-35-50)58(76-41-49-32-18-6-19-33-49)61(69,52(78-60)43-72-37-45-24-10-2-11-25-45)57-55(75-40-48-30-16-5-17-31-48)54(74-39-47-28-14-4-15-29-47)53(73-38-46-26-12-3-13-27-46)51(77-57)42-71-36-44-22-8-1-9-23-44/h1-35,51-55,57-58,60,67,69-70H,36-43H2/t51-,52-,53+,54+,55-,57+,58+,60?,61-,62-/m1/s1. The number of aliphatic hydroxyl groups is 2. The van der Waals surface area contributed by atoms with E-state index >= 15 is 4.79 Å². The molecule has 7 aromatic rings. The minimum Gasteiger partial charge on any atom is -0.444 e. The fourth-order valence-electron chi connectivity index (χ4n) is 9.88. The third kappa shape index (κ3) is 14.6. The summed E-state index contributed by atoms with van der Waals surface area (Å²) in [4.78, 5) is 15.7. The highest BCUT2D eigenvalue weighted by Gasteiger charge is 2.73. The van der Waals surface area contributed by atoms with Crippen molar-refractivity contribution in [1.82, 2.24) is 0 Å². The van der Waals surface area contributed by atoms with Crippen LogP contribution in [0.4, 0.5) is 0 Å². The van der Waals surface area contributed by atoms with Crippen LogP contribution in [0.1, 0.15) is 43.7 Å². The molecule has 412 valence electrons. The van der Waals surface area contributed by atoms with Crippen molar-refractivity contribution in [2.24, 2.45) is 0 Å².